The summed E-state index contributed by atoms with van der Waals surface area (Å²) in [5.74, 6) is 2.10. The molecule has 5 heteroatoms. The average molecular weight is 222 g/mol. The van der Waals surface area contributed by atoms with Gasteiger partial charge in [-0.25, -0.2) is 0 Å². The number of hydrogen-bond acceptors (Lipinski definition) is 5. The highest BCUT2D eigenvalue weighted by atomic mass is 16.5. The molecule has 88 valence electrons. The molecule has 2 aliphatic rings. The lowest BCUT2D eigenvalue weighted by molar-refractivity contribution is 0.335. The van der Waals surface area contributed by atoms with E-state index >= 15 is 0 Å². The second-order valence-corrected chi connectivity index (χ2v) is 4.68. The maximum Gasteiger partial charge on any atom is 0.243 e. The van der Waals surface area contributed by atoms with E-state index in [9.17, 15) is 0 Å². The maximum atomic E-state index is 5.35. The Morgan fingerprint density at radius 2 is 2.12 bits per heavy atom. The van der Waals surface area contributed by atoms with Gasteiger partial charge in [-0.3, -0.25) is 0 Å². The van der Waals surface area contributed by atoms with E-state index in [1.54, 1.807) is 0 Å². The maximum absolute atomic E-state index is 5.35. The van der Waals surface area contributed by atoms with Gasteiger partial charge in [-0.05, 0) is 38.8 Å². The minimum atomic E-state index is 0.290. The van der Waals surface area contributed by atoms with E-state index < -0.39 is 0 Å². The van der Waals surface area contributed by atoms with E-state index in [-0.39, 0.29) is 6.04 Å². The Balaban J connectivity index is 1.71. The van der Waals surface area contributed by atoms with Crippen LogP contribution >= 0.6 is 0 Å². The fourth-order valence-corrected chi connectivity index (χ4v) is 2.52. The molecule has 0 spiro atoms. The highest BCUT2D eigenvalue weighted by molar-refractivity contribution is 5.01. The van der Waals surface area contributed by atoms with E-state index in [0.717, 1.165) is 37.8 Å². The molecule has 2 saturated heterocycles. The lowest BCUT2D eigenvalue weighted by atomic mass is 9.99. The summed E-state index contributed by atoms with van der Waals surface area (Å²) in [6, 6.07) is 0.290. The van der Waals surface area contributed by atoms with Crippen LogP contribution in [0.1, 0.15) is 49.4 Å². The molecule has 2 unspecified atom stereocenters. The number of aromatic nitrogens is 2. The quantitative estimate of drug-likeness (QED) is 0.780. The van der Waals surface area contributed by atoms with Crippen molar-refractivity contribution in [2.45, 2.75) is 37.6 Å². The molecule has 0 aromatic carbocycles. The van der Waals surface area contributed by atoms with Crippen LogP contribution in [0.2, 0.25) is 0 Å². The summed E-state index contributed by atoms with van der Waals surface area (Å²) in [6.07, 6.45) is 4.69. The summed E-state index contributed by atoms with van der Waals surface area (Å²) in [5.41, 5.74) is 0. The molecule has 2 atom stereocenters. The normalized spacial score (nSPS) is 30.8. The minimum Gasteiger partial charge on any atom is -0.338 e. The number of nitrogens with one attached hydrogen (secondary N) is 2. The van der Waals surface area contributed by atoms with E-state index in [2.05, 4.69) is 20.8 Å². The lowest BCUT2D eigenvalue weighted by Crippen LogP contribution is -2.29. The molecule has 0 bridgehead atoms. The van der Waals surface area contributed by atoms with Gasteiger partial charge in [0.2, 0.25) is 5.89 Å². The molecule has 0 aliphatic carbocycles. The first-order valence-electron chi connectivity index (χ1n) is 6.21. The van der Waals surface area contributed by atoms with Gasteiger partial charge in [0.15, 0.2) is 5.82 Å². The van der Waals surface area contributed by atoms with Gasteiger partial charge in [0.25, 0.3) is 0 Å². The van der Waals surface area contributed by atoms with E-state index in [1.165, 1.54) is 19.3 Å². The van der Waals surface area contributed by atoms with Gasteiger partial charge < -0.3 is 15.2 Å². The number of nitrogens with zero attached hydrogens (tertiary/aromatic N) is 2. The minimum absolute atomic E-state index is 0.290. The van der Waals surface area contributed by atoms with Gasteiger partial charge in [0, 0.05) is 12.5 Å². The molecule has 0 amide bonds. The highest BCUT2D eigenvalue weighted by Gasteiger charge is 2.25. The predicted molar refractivity (Wildman–Crippen MR) is 59.1 cm³/mol. The van der Waals surface area contributed by atoms with Crippen molar-refractivity contribution in [3.63, 3.8) is 0 Å². The third-order valence-corrected chi connectivity index (χ3v) is 3.48. The predicted octanol–water partition coefficient (Wildman–Crippen LogP) is 0.961. The average Bonchev–Trinajstić information content (AvgIpc) is 3.01. The molecular formula is C11H18N4O. The Kier molecular flexibility index (Phi) is 2.88. The van der Waals surface area contributed by atoms with Crippen LogP contribution in [0.3, 0.4) is 0 Å². The fourth-order valence-electron chi connectivity index (χ4n) is 2.52. The zero-order chi connectivity index (χ0) is 10.8. The van der Waals surface area contributed by atoms with Gasteiger partial charge in [-0.1, -0.05) is 5.16 Å². The molecule has 2 fully saturated rings. The smallest absolute Gasteiger partial charge is 0.243 e. The van der Waals surface area contributed by atoms with Gasteiger partial charge in [-0.2, -0.15) is 4.98 Å². The zero-order valence-corrected chi connectivity index (χ0v) is 9.41. The van der Waals surface area contributed by atoms with Gasteiger partial charge in [0.1, 0.15) is 0 Å². The Labute approximate surface area is 95.0 Å². The van der Waals surface area contributed by atoms with Crippen molar-refractivity contribution in [1.29, 1.82) is 0 Å². The van der Waals surface area contributed by atoms with Crippen molar-refractivity contribution in [2.24, 2.45) is 0 Å². The topological polar surface area (TPSA) is 63.0 Å². The van der Waals surface area contributed by atoms with Crippen LogP contribution in [0, 0.1) is 0 Å². The van der Waals surface area contributed by atoms with Gasteiger partial charge in [0.05, 0.1) is 6.04 Å². The van der Waals surface area contributed by atoms with Gasteiger partial charge >= 0.3 is 0 Å². The van der Waals surface area contributed by atoms with Crippen LogP contribution < -0.4 is 10.6 Å². The first-order valence-corrected chi connectivity index (χ1v) is 6.21. The summed E-state index contributed by atoms with van der Waals surface area (Å²) in [4.78, 5) is 4.54. The Bertz CT molecular complexity index is 340. The summed E-state index contributed by atoms with van der Waals surface area (Å²) >= 11 is 0. The molecule has 2 aliphatic heterocycles. The van der Waals surface area contributed by atoms with E-state index in [0.29, 0.717) is 5.92 Å². The SMILES string of the molecule is C1CNCC(c2noc(C3CCCN3)n2)C1. The van der Waals surface area contributed by atoms with Crippen LogP contribution in [0.5, 0.6) is 0 Å². The fraction of sp³-hybridized carbons (Fsp3) is 0.818. The molecule has 3 rings (SSSR count). The van der Waals surface area contributed by atoms with E-state index in [1.807, 2.05) is 0 Å². The molecule has 16 heavy (non-hydrogen) atoms. The van der Waals surface area contributed by atoms with Crippen LogP contribution in [0.4, 0.5) is 0 Å². The third kappa shape index (κ3) is 1.97. The Morgan fingerprint density at radius 3 is 2.88 bits per heavy atom. The standard InChI is InChI=1S/C11H18N4O/c1-3-8(7-12-5-1)10-14-11(16-15-10)9-4-2-6-13-9/h8-9,12-13H,1-7H2. The van der Waals surface area contributed by atoms with Crippen LogP contribution in [-0.2, 0) is 0 Å². The van der Waals surface area contributed by atoms with E-state index in [4.69, 9.17) is 4.52 Å². The number of piperidine rings is 1. The van der Waals surface area contributed by atoms with Crippen LogP contribution in [0.15, 0.2) is 4.52 Å². The Hall–Kier alpha value is -0.940. The first-order chi connectivity index (χ1) is 7.93. The summed E-state index contributed by atoms with van der Waals surface area (Å²) in [6.45, 7) is 3.16. The van der Waals surface area contributed by atoms with Crippen molar-refractivity contribution in [1.82, 2.24) is 20.8 Å². The first kappa shape index (κ1) is 10.2. The van der Waals surface area contributed by atoms with Crippen molar-refractivity contribution in [3.05, 3.63) is 11.7 Å². The molecule has 0 saturated carbocycles. The molecule has 3 heterocycles. The summed E-state index contributed by atoms with van der Waals surface area (Å²) < 4.78 is 5.35. The summed E-state index contributed by atoms with van der Waals surface area (Å²) in [5, 5.41) is 10.9. The van der Waals surface area contributed by atoms with Crippen molar-refractivity contribution in [2.75, 3.05) is 19.6 Å². The van der Waals surface area contributed by atoms with Crippen molar-refractivity contribution < 1.29 is 4.52 Å². The van der Waals surface area contributed by atoms with Crippen LogP contribution in [-0.4, -0.2) is 29.8 Å². The lowest BCUT2D eigenvalue weighted by Gasteiger charge is -2.19. The summed E-state index contributed by atoms with van der Waals surface area (Å²) in [7, 11) is 0. The third-order valence-electron chi connectivity index (χ3n) is 3.48. The zero-order valence-electron chi connectivity index (χ0n) is 9.41. The van der Waals surface area contributed by atoms with Crippen molar-refractivity contribution >= 4 is 0 Å². The molecule has 1 aromatic heterocycles. The molecule has 2 N–H and O–H groups in total. The van der Waals surface area contributed by atoms with Crippen LogP contribution in [0.25, 0.3) is 0 Å². The largest absolute Gasteiger partial charge is 0.338 e. The monoisotopic (exact) mass is 222 g/mol. The molecule has 1 aromatic rings. The highest BCUT2D eigenvalue weighted by Crippen LogP contribution is 2.25. The number of rotatable bonds is 2. The Morgan fingerprint density at radius 1 is 1.19 bits per heavy atom. The number of hydrogen-bond donors (Lipinski definition) is 2. The molecule has 5 nitrogen and oxygen atoms in total. The molecular weight excluding hydrogens is 204 g/mol. The second kappa shape index (κ2) is 4.51. The second-order valence-electron chi connectivity index (χ2n) is 4.68. The molecule has 0 radical (unpaired) electrons. The van der Waals surface area contributed by atoms with Crippen molar-refractivity contribution in [3.8, 4) is 0 Å². The van der Waals surface area contributed by atoms with Gasteiger partial charge in [-0.15, -0.1) is 0 Å².